The number of hydrogen-bond acceptors (Lipinski definition) is 3. The van der Waals surface area contributed by atoms with Crippen molar-refractivity contribution in [3.8, 4) is 0 Å². The van der Waals surface area contributed by atoms with Crippen LogP contribution in [0.25, 0.3) is 0 Å². The Morgan fingerprint density at radius 3 is 2.47 bits per heavy atom. The molecule has 0 bridgehead atoms. The fourth-order valence-electron chi connectivity index (χ4n) is 1.69. The van der Waals surface area contributed by atoms with E-state index in [1.807, 2.05) is 0 Å². The summed E-state index contributed by atoms with van der Waals surface area (Å²) in [5, 5.41) is 0. The zero-order valence-electron chi connectivity index (χ0n) is 11.0. The second-order valence-corrected chi connectivity index (χ2v) is 5.40. The minimum atomic E-state index is -3.75. The molecular formula is C10H13N2NaO3S. The number of para-hydroxylation sites is 1. The maximum absolute atomic E-state index is 12.0. The van der Waals surface area contributed by atoms with Crippen LogP contribution >= 0.6 is 0 Å². The maximum atomic E-state index is 12.0. The average Bonchev–Trinajstić information content (AvgIpc) is 2.15. The summed E-state index contributed by atoms with van der Waals surface area (Å²) in [5.41, 5.74) is 0.718. The fourth-order valence-corrected chi connectivity index (χ4v) is 3.11. The van der Waals surface area contributed by atoms with Gasteiger partial charge in [0.1, 0.15) is 0 Å². The first-order valence-corrected chi connectivity index (χ1v) is 6.33. The van der Waals surface area contributed by atoms with Crippen molar-refractivity contribution in [2.24, 2.45) is 0 Å². The summed E-state index contributed by atoms with van der Waals surface area (Å²) in [4.78, 5) is 12.0. The van der Waals surface area contributed by atoms with Gasteiger partial charge in [-0.2, -0.15) is 8.42 Å². The molecule has 5 nitrogen and oxygen atoms in total. The molecule has 0 saturated heterocycles. The SMILES string of the molecule is CC(C)N1C(=O)c2ccccc2NS1(=O)=O.[H-].[Na+]. The Morgan fingerprint density at radius 1 is 1.29 bits per heavy atom. The van der Waals surface area contributed by atoms with Gasteiger partial charge in [0, 0.05) is 6.04 Å². The number of carbonyl (C=O) groups is 1. The number of nitrogens with one attached hydrogen (secondary N) is 1. The van der Waals surface area contributed by atoms with E-state index in [4.69, 9.17) is 0 Å². The van der Waals surface area contributed by atoms with Gasteiger partial charge in [0.15, 0.2) is 0 Å². The molecule has 7 heteroatoms. The molecule has 0 fully saturated rings. The Labute approximate surface area is 124 Å². The van der Waals surface area contributed by atoms with Gasteiger partial charge < -0.3 is 1.43 Å². The number of hydrogen-bond donors (Lipinski definition) is 1. The van der Waals surface area contributed by atoms with Crippen LogP contribution in [0, 0.1) is 0 Å². The Kier molecular flexibility index (Phi) is 4.24. The third kappa shape index (κ3) is 2.49. The van der Waals surface area contributed by atoms with Crippen LogP contribution in [-0.4, -0.2) is 24.7 Å². The predicted molar refractivity (Wildman–Crippen MR) is 61.4 cm³/mol. The number of nitrogens with zero attached hydrogens (tertiary/aromatic N) is 1. The van der Waals surface area contributed by atoms with Gasteiger partial charge in [0.05, 0.1) is 11.3 Å². The van der Waals surface area contributed by atoms with Crippen LogP contribution in [0.5, 0.6) is 0 Å². The van der Waals surface area contributed by atoms with E-state index in [1.165, 1.54) is 0 Å². The summed E-state index contributed by atoms with van der Waals surface area (Å²) >= 11 is 0. The van der Waals surface area contributed by atoms with Gasteiger partial charge in [-0.05, 0) is 26.0 Å². The summed E-state index contributed by atoms with van der Waals surface area (Å²) in [5.74, 6) is -0.482. The molecule has 1 N–H and O–H groups in total. The number of anilines is 1. The molecule has 88 valence electrons. The molecule has 0 spiro atoms. The van der Waals surface area contributed by atoms with E-state index < -0.39 is 22.2 Å². The largest absolute Gasteiger partial charge is 1.00 e. The zero-order valence-corrected chi connectivity index (χ0v) is 12.8. The average molecular weight is 264 g/mol. The Bertz CT molecular complexity index is 548. The monoisotopic (exact) mass is 264 g/mol. The minimum absolute atomic E-state index is 0. The molecule has 0 saturated carbocycles. The predicted octanol–water partition coefficient (Wildman–Crippen LogP) is -1.68. The molecule has 17 heavy (non-hydrogen) atoms. The van der Waals surface area contributed by atoms with E-state index in [9.17, 15) is 13.2 Å². The Balaban J connectivity index is 0.00000144. The summed E-state index contributed by atoms with van der Waals surface area (Å²) in [6.07, 6.45) is 0. The first kappa shape index (κ1) is 14.5. The normalized spacial score (nSPS) is 17.1. The van der Waals surface area contributed by atoms with Crippen molar-refractivity contribution in [3.05, 3.63) is 29.8 Å². The molecule has 0 aromatic heterocycles. The van der Waals surface area contributed by atoms with Crippen LogP contribution in [0.1, 0.15) is 25.6 Å². The first-order valence-electron chi connectivity index (χ1n) is 4.89. The summed E-state index contributed by atoms with van der Waals surface area (Å²) in [6, 6.07) is 6.16. The van der Waals surface area contributed by atoms with Crippen LogP contribution in [0.2, 0.25) is 0 Å². The Morgan fingerprint density at radius 2 is 1.88 bits per heavy atom. The molecule has 2 rings (SSSR count). The molecule has 1 amide bonds. The van der Waals surface area contributed by atoms with Gasteiger partial charge in [-0.25, -0.2) is 4.31 Å². The smallest absolute Gasteiger partial charge is 1.00 e. The fraction of sp³-hybridized carbons (Fsp3) is 0.300. The first-order chi connectivity index (χ1) is 7.43. The summed E-state index contributed by atoms with van der Waals surface area (Å²) < 4.78 is 26.8. The van der Waals surface area contributed by atoms with Gasteiger partial charge in [-0.15, -0.1) is 0 Å². The van der Waals surface area contributed by atoms with Crippen molar-refractivity contribution >= 4 is 21.8 Å². The molecule has 1 aliphatic heterocycles. The van der Waals surface area contributed by atoms with Crippen LogP contribution in [0.3, 0.4) is 0 Å². The molecule has 1 heterocycles. The number of carbonyl (C=O) groups excluding carboxylic acids is 1. The third-order valence-corrected chi connectivity index (χ3v) is 3.91. The van der Waals surface area contributed by atoms with Gasteiger partial charge >= 0.3 is 39.8 Å². The third-order valence-electron chi connectivity index (χ3n) is 2.32. The van der Waals surface area contributed by atoms with Crippen LogP contribution in [0.4, 0.5) is 5.69 Å². The van der Waals surface area contributed by atoms with Crippen molar-refractivity contribution in [1.82, 2.24) is 4.31 Å². The summed E-state index contributed by atoms with van der Waals surface area (Å²) in [6.45, 7) is 3.32. The van der Waals surface area contributed by atoms with E-state index in [-0.39, 0.29) is 31.0 Å². The van der Waals surface area contributed by atoms with Crippen LogP contribution < -0.4 is 34.3 Å². The zero-order chi connectivity index (χ0) is 11.9. The summed E-state index contributed by atoms with van der Waals surface area (Å²) in [7, 11) is -3.75. The number of fused-ring (bicyclic) bond motifs is 1. The van der Waals surface area contributed by atoms with Crippen molar-refractivity contribution in [2.45, 2.75) is 19.9 Å². The van der Waals surface area contributed by atoms with E-state index in [1.54, 1.807) is 38.1 Å². The van der Waals surface area contributed by atoms with Crippen molar-refractivity contribution in [3.63, 3.8) is 0 Å². The maximum Gasteiger partial charge on any atom is 1.00 e. The molecule has 1 aliphatic rings. The topological polar surface area (TPSA) is 66.5 Å². The van der Waals surface area contributed by atoms with E-state index >= 15 is 0 Å². The quantitative estimate of drug-likeness (QED) is 0.616. The second kappa shape index (κ2) is 4.97. The van der Waals surface area contributed by atoms with E-state index in [0.29, 0.717) is 11.3 Å². The van der Waals surface area contributed by atoms with Crippen LogP contribution in [0.15, 0.2) is 24.3 Å². The van der Waals surface area contributed by atoms with E-state index in [0.717, 1.165) is 4.31 Å². The van der Waals surface area contributed by atoms with Gasteiger partial charge in [-0.3, -0.25) is 9.52 Å². The number of benzene rings is 1. The second-order valence-electron chi connectivity index (χ2n) is 3.85. The molecule has 1 aromatic carbocycles. The standard InChI is InChI=1S/C10H12N2O3S.Na.H/c1-7(2)12-10(13)8-5-3-4-6-9(8)11-16(12,14)15;;/h3-7,11H,1-2H3;;/q;+1;-1. The van der Waals surface area contributed by atoms with Gasteiger partial charge in [0.25, 0.3) is 5.91 Å². The van der Waals surface area contributed by atoms with Crippen LogP contribution in [-0.2, 0) is 10.2 Å². The minimum Gasteiger partial charge on any atom is -1.00 e. The Hall–Kier alpha value is -0.560. The molecule has 0 radical (unpaired) electrons. The van der Waals surface area contributed by atoms with E-state index in [2.05, 4.69) is 4.72 Å². The van der Waals surface area contributed by atoms with Crippen molar-refractivity contribution in [2.75, 3.05) is 4.72 Å². The van der Waals surface area contributed by atoms with Crippen molar-refractivity contribution < 1.29 is 44.2 Å². The number of amides is 1. The molecular weight excluding hydrogens is 251 g/mol. The molecule has 0 aliphatic carbocycles. The molecule has 0 unspecified atom stereocenters. The number of rotatable bonds is 1. The van der Waals surface area contributed by atoms with Gasteiger partial charge in [0.2, 0.25) is 0 Å². The van der Waals surface area contributed by atoms with Gasteiger partial charge in [-0.1, -0.05) is 12.1 Å². The van der Waals surface area contributed by atoms with Crippen molar-refractivity contribution in [1.29, 1.82) is 0 Å². The molecule has 0 atom stereocenters. The molecule has 1 aromatic rings.